The van der Waals surface area contributed by atoms with Gasteiger partial charge in [-0.05, 0) is 42.5 Å². The molecule has 0 saturated heterocycles. The Bertz CT molecular complexity index is 401. The van der Waals surface area contributed by atoms with Crippen LogP contribution in [0, 0.1) is 11.7 Å². The number of hydrogen-bond acceptors (Lipinski definition) is 1. The summed E-state index contributed by atoms with van der Waals surface area (Å²) in [6.07, 6.45) is -2.85. The molecule has 0 spiro atoms. The molecule has 1 aromatic rings. The average Bonchev–Trinajstić information content (AvgIpc) is 2.97. The predicted octanol–water partition coefficient (Wildman–Crippen LogP) is 3.68. The van der Waals surface area contributed by atoms with Crippen LogP contribution in [0.25, 0.3) is 0 Å². The highest BCUT2D eigenvalue weighted by atomic mass is 35.5. The molecule has 0 heterocycles. The quantitative estimate of drug-likeness (QED) is 0.815. The molecule has 2 rings (SSSR count). The average molecular weight is 270 g/mol. The SMILES string of the molecule is Cl.N[C@@H](c1cc(F)ccc1C(F)(F)F)C1CC1. The van der Waals surface area contributed by atoms with E-state index in [0.717, 1.165) is 31.0 Å². The van der Waals surface area contributed by atoms with E-state index in [1.807, 2.05) is 0 Å². The molecule has 1 saturated carbocycles. The predicted molar refractivity (Wildman–Crippen MR) is 58.3 cm³/mol. The number of nitrogens with two attached hydrogens (primary N) is 1. The lowest BCUT2D eigenvalue weighted by atomic mass is 9.97. The summed E-state index contributed by atoms with van der Waals surface area (Å²) in [6.45, 7) is 0. The Morgan fingerprint density at radius 1 is 1.24 bits per heavy atom. The Kier molecular flexibility index (Phi) is 4.04. The fourth-order valence-corrected chi connectivity index (χ4v) is 1.78. The van der Waals surface area contributed by atoms with Gasteiger partial charge in [-0.25, -0.2) is 4.39 Å². The minimum Gasteiger partial charge on any atom is -0.324 e. The number of alkyl halides is 3. The van der Waals surface area contributed by atoms with Crippen molar-refractivity contribution in [2.24, 2.45) is 11.7 Å². The van der Waals surface area contributed by atoms with Gasteiger partial charge in [-0.1, -0.05) is 0 Å². The van der Waals surface area contributed by atoms with Crippen LogP contribution in [0.2, 0.25) is 0 Å². The molecule has 1 nitrogen and oxygen atoms in total. The Balaban J connectivity index is 0.00000144. The molecular weight excluding hydrogens is 258 g/mol. The van der Waals surface area contributed by atoms with Gasteiger partial charge in [-0.3, -0.25) is 0 Å². The molecule has 1 atom stereocenters. The van der Waals surface area contributed by atoms with Gasteiger partial charge in [0.25, 0.3) is 0 Å². The van der Waals surface area contributed by atoms with E-state index in [-0.39, 0.29) is 23.9 Å². The number of rotatable bonds is 2. The first-order valence-corrected chi connectivity index (χ1v) is 5.02. The first-order chi connectivity index (χ1) is 7.39. The summed E-state index contributed by atoms with van der Waals surface area (Å²) in [5.41, 5.74) is 4.74. The van der Waals surface area contributed by atoms with E-state index < -0.39 is 23.6 Å². The van der Waals surface area contributed by atoms with E-state index in [0.29, 0.717) is 0 Å². The largest absolute Gasteiger partial charge is 0.416 e. The van der Waals surface area contributed by atoms with E-state index in [4.69, 9.17) is 5.73 Å². The summed E-state index contributed by atoms with van der Waals surface area (Å²) in [5.74, 6) is -0.623. The second kappa shape index (κ2) is 4.82. The molecule has 0 aromatic heterocycles. The van der Waals surface area contributed by atoms with Crippen LogP contribution in [0.5, 0.6) is 0 Å². The van der Waals surface area contributed by atoms with Gasteiger partial charge >= 0.3 is 6.18 Å². The molecule has 17 heavy (non-hydrogen) atoms. The third-order valence-electron chi connectivity index (χ3n) is 2.81. The molecule has 0 unspecified atom stereocenters. The molecule has 0 bridgehead atoms. The van der Waals surface area contributed by atoms with Crippen molar-refractivity contribution < 1.29 is 17.6 Å². The summed E-state index contributed by atoms with van der Waals surface area (Å²) >= 11 is 0. The third kappa shape index (κ3) is 3.10. The molecule has 0 aliphatic heterocycles. The molecule has 96 valence electrons. The van der Waals surface area contributed by atoms with Gasteiger partial charge in [0, 0.05) is 6.04 Å². The Morgan fingerprint density at radius 2 is 1.82 bits per heavy atom. The van der Waals surface area contributed by atoms with Crippen molar-refractivity contribution in [2.75, 3.05) is 0 Å². The topological polar surface area (TPSA) is 26.0 Å². The van der Waals surface area contributed by atoms with E-state index in [9.17, 15) is 17.6 Å². The standard InChI is InChI=1S/C11H11F4N.ClH/c12-7-3-4-9(11(13,14)15)8(5-7)10(16)6-1-2-6;/h3-6,10H,1-2,16H2;1H/t10-;/m1./s1. The van der Waals surface area contributed by atoms with Crippen molar-refractivity contribution >= 4 is 12.4 Å². The zero-order valence-corrected chi connectivity index (χ0v) is 9.61. The summed E-state index contributed by atoms with van der Waals surface area (Å²) in [4.78, 5) is 0. The van der Waals surface area contributed by atoms with E-state index in [2.05, 4.69) is 0 Å². The number of benzene rings is 1. The lowest BCUT2D eigenvalue weighted by Crippen LogP contribution is -2.19. The Morgan fingerprint density at radius 3 is 2.29 bits per heavy atom. The molecular formula is C11H12ClF4N. The highest BCUT2D eigenvalue weighted by Crippen LogP contribution is 2.43. The van der Waals surface area contributed by atoms with Gasteiger partial charge in [0.05, 0.1) is 5.56 Å². The second-order valence-corrected chi connectivity index (χ2v) is 4.09. The molecule has 1 aliphatic rings. The van der Waals surface area contributed by atoms with E-state index in [1.165, 1.54) is 0 Å². The fraction of sp³-hybridized carbons (Fsp3) is 0.455. The van der Waals surface area contributed by atoms with Crippen LogP contribution in [0.1, 0.15) is 30.0 Å². The second-order valence-electron chi connectivity index (χ2n) is 4.09. The van der Waals surface area contributed by atoms with Crippen LogP contribution in [-0.4, -0.2) is 0 Å². The van der Waals surface area contributed by atoms with Gasteiger partial charge in [0.15, 0.2) is 0 Å². The minimum atomic E-state index is -4.48. The maximum absolute atomic E-state index is 13.0. The maximum atomic E-state index is 13.0. The highest BCUT2D eigenvalue weighted by Gasteiger charge is 2.38. The van der Waals surface area contributed by atoms with Crippen LogP contribution in [0.4, 0.5) is 17.6 Å². The molecule has 6 heteroatoms. The van der Waals surface area contributed by atoms with Crippen LogP contribution in [0.15, 0.2) is 18.2 Å². The zero-order chi connectivity index (χ0) is 11.9. The molecule has 0 radical (unpaired) electrons. The first-order valence-electron chi connectivity index (χ1n) is 5.02. The van der Waals surface area contributed by atoms with E-state index in [1.54, 1.807) is 0 Å². The van der Waals surface area contributed by atoms with Crippen molar-refractivity contribution in [3.63, 3.8) is 0 Å². The van der Waals surface area contributed by atoms with Gasteiger partial charge in [-0.2, -0.15) is 13.2 Å². The summed E-state index contributed by atoms with van der Waals surface area (Å²) in [7, 11) is 0. The normalized spacial score (nSPS) is 17.5. The smallest absolute Gasteiger partial charge is 0.324 e. The fourth-order valence-electron chi connectivity index (χ4n) is 1.78. The number of hydrogen-bond donors (Lipinski definition) is 1. The van der Waals surface area contributed by atoms with Crippen molar-refractivity contribution in [3.05, 3.63) is 35.1 Å². The third-order valence-corrected chi connectivity index (χ3v) is 2.81. The highest BCUT2D eigenvalue weighted by molar-refractivity contribution is 5.85. The van der Waals surface area contributed by atoms with Crippen LogP contribution < -0.4 is 5.73 Å². The molecule has 1 aromatic carbocycles. The van der Waals surface area contributed by atoms with Crippen molar-refractivity contribution in [2.45, 2.75) is 25.1 Å². The molecule has 2 N–H and O–H groups in total. The zero-order valence-electron chi connectivity index (χ0n) is 8.80. The Labute approximate surface area is 102 Å². The summed E-state index contributed by atoms with van der Waals surface area (Å²) in [5, 5.41) is 0. The summed E-state index contributed by atoms with van der Waals surface area (Å²) in [6, 6.07) is 1.75. The molecule has 0 amide bonds. The summed E-state index contributed by atoms with van der Waals surface area (Å²) < 4.78 is 50.9. The Hall–Kier alpha value is -0.810. The molecule has 1 aliphatic carbocycles. The van der Waals surface area contributed by atoms with Crippen molar-refractivity contribution in [3.8, 4) is 0 Å². The molecule has 1 fully saturated rings. The maximum Gasteiger partial charge on any atom is 0.416 e. The van der Waals surface area contributed by atoms with Gasteiger partial charge in [0.2, 0.25) is 0 Å². The van der Waals surface area contributed by atoms with Crippen LogP contribution in [0.3, 0.4) is 0 Å². The van der Waals surface area contributed by atoms with Gasteiger partial charge < -0.3 is 5.73 Å². The number of halogens is 5. The van der Waals surface area contributed by atoms with Gasteiger partial charge in [0.1, 0.15) is 5.82 Å². The first kappa shape index (κ1) is 14.3. The van der Waals surface area contributed by atoms with E-state index >= 15 is 0 Å². The van der Waals surface area contributed by atoms with Crippen LogP contribution >= 0.6 is 12.4 Å². The monoisotopic (exact) mass is 269 g/mol. The lowest BCUT2D eigenvalue weighted by molar-refractivity contribution is -0.138. The van der Waals surface area contributed by atoms with Gasteiger partial charge in [-0.15, -0.1) is 12.4 Å². The van der Waals surface area contributed by atoms with Crippen LogP contribution in [-0.2, 0) is 6.18 Å². The van der Waals surface area contributed by atoms with Crippen molar-refractivity contribution in [1.29, 1.82) is 0 Å². The lowest BCUT2D eigenvalue weighted by Gasteiger charge is -2.17. The minimum absolute atomic E-state index is 0. The van der Waals surface area contributed by atoms with Crippen molar-refractivity contribution in [1.82, 2.24) is 0 Å².